The Hall–Kier alpha value is -2.81. The molecule has 2 aromatic rings. The smallest absolute Gasteiger partial charge is 0.324 e. The zero-order valence-corrected chi connectivity index (χ0v) is 23.7. The van der Waals surface area contributed by atoms with Crippen molar-refractivity contribution >= 4 is 46.8 Å². The number of carboxylic acid groups (broad SMARTS) is 1. The number of urea groups is 1. The van der Waals surface area contributed by atoms with Crippen LogP contribution in [0.25, 0.3) is 0 Å². The zero-order valence-electron chi connectivity index (χ0n) is 22.2. The van der Waals surface area contributed by atoms with Gasteiger partial charge in [-0.2, -0.15) is 0 Å². The Morgan fingerprint density at radius 1 is 1.05 bits per heavy atom. The van der Waals surface area contributed by atoms with Crippen LogP contribution < -0.4 is 4.90 Å². The first-order valence-electron chi connectivity index (χ1n) is 12.4. The van der Waals surface area contributed by atoms with Crippen LogP contribution in [0.4, 0.5) is 10.5 Å². The van der Waals surface area contributed by atoms with E-state index in [9.17, 15) is 24.6 Å². The SMILES string of the molecule is Cc1ccc(N2CC(CC(=O)O)(CC(=O)N(CCO)C(C)(C)C)CN(Cc3ccc(Cl)cc3Cl)C2=O)cc1. The molecule has 3 amide bonds. The fourth-order valence-corrected chi connectivity index (χ4v) is 5.43. The average Bonchev–Trinajstić information content (AvgIpc) is 2.80. The minimum absolute atomic E-state index is 0.0439. The Morgan fingerprint density at radius 2 is 1.71 bits per heavy atom. The maximum atomic E-state index is 13.8. The summed E-state index contributed by atoms with van der Waals surface area (Å²) in [5, 5.41) is 20.4. The summed E-state index contributed by atoms with van der Waals surface area (Å²) >= 11 is 12.5. The van der Waals surface area contributed by atoms with Gasteiger partial charge in [0.1, 0.15) is 0 Å². The highest BCUT2D eigenvalue weighted by Gasteiger charge is 2.47. The second-order valence-corrected chi connectivity index (χ2v) is 11.8. The number of halogens is 2. The van der Waals surface area contributed by atoms with Gasteiger partial charge in [0.2, 0.25) is 5.91 Å². The predicted octanol–water partition coefficient (Wildman–Crippen LogP) is 5.21. The van der Waals surface area contributed by atoms with Gasteiger partial charge in [-0.15, -0.1) is 0 Å². The molecular formula is C28H35Cl2N3O5. The Labute approximate surface area is 233 Å². The number of benzene rings is 2. The van der Waals surface area contributed by atoms with Gasteiger partial charge in [0.05, 0.1) is 13.0 Å². The van der Waals surface area contributed by atoms with Gasteiger partial charge in [-0.25, -0.2) is 4.79 Å². The topological polar surface area (TPSA) is 101 Å². The minimum Gasteiger partial charge on any atom is -0.481 e. The van der Waals surface area contributed by atoms with E-state index in [4.69, 9.17) is 23.2 Å². The molecule has 1 aliphatic rings. The molecule has 206 valence electrons. The van der Waals surface area contributed by atoms with E-state index in [1.807, 2.05) is 52.0 Å². The van der Waals surface area contributed by atoms with Gasteiger partial charge in [0, 0.05) is 59.3 Å². The van der Waals surface area contributed by atoms with Crippen LogP contribution in [-0.4, -0.2) is 69.7 Å². The van der Waals surface area contributed by atoms with E-state index in [2.05, 4.69) is 0 Å². The van der Waals surface area contributed by atoms with Crippen molar-refractivity contribution < 1.29 is 24.6 Å². The number of aliphatic hydroxyl groups excluding tert-OH is 1. The fraction of sp³-hybridized carbons (Fsp3) is 0.464. The summed E-state index contributed by atoms with van der Waals surface area (Å²) in [4.78, 5) is 44.2. The predicted molar refractivity (Wildman–Crippen MR) is 149 cm³/mol. The van der Waals surface area contributed by atoms with E-state index >= 15 is 0 Å². The number of nitrogens with zero attached hydrogens (tertiary/aromatic N) is 3. The van der Waals surface area contributed by atoms with Crippen molar-refractivity contribution in [1.82, 2.24) is 9.80 Å². The van der Waals surface area contributed by atoms with Gasteiger partial charge in [0.25, 0.3) is 0 Å². The molecule has 10 heteroatoms. The number of anilines is 1. The molecule has 2 aromatic carbocycles. The molecule has 0 spiro atoms. The van der Waals surface area contributed by atoms with Crippen molar-refractivity contribution in [2.24, 2.45) is 5.41 Å². The summed E-state index contributed by atoms with van der Waals surface area (Å²) in [6.45, 7) is 7.64. The minimum atomic E-state index is -1.10. The third kappa shape index (κ3) is 7.18. The lowest BCUT2D eigenvalue weighted by atomic mass is 9.77. The van der Waals surface area contributed by atoms with Gasteiger partial charge in [-0.3, -0.25) is 14.5 Å². The molecule has 1 atom stereocenters. The molecule has 3 rings (SSSR count). The number of β-amino-alcohol motifs (C(OH)–C–C–N with tert-alkyl or cyclic N) is 1. The highest BCUT2D eigenvalue weighted by molar-refractivity contribution is 6.35. The van der Waals surface area contributed by atoms with Crippen molar-refractivity contribution in [3.8, 4) is 0 Å². The highest BCUT2D eigenvalue weighted by atomic mass is 35.5. The van der Waals surface area contributed by atoms with Gasteiger partial charge < -0.3 is 20.0 Å². The summed E-state index contributed by atoms with van der Waals surface area (Å²) in [5.74, 6) is -1.35. The van der Waals surface area contributed by atoms with Crippen LogP contribution in [0.2, 0.25) is 10.0 Å². The normalized spacial score (nSPS) is 18.0. The maximum Gasteiger partial charge on any atom is 0.324 e. The third-order valence-electron chi connectivity index (χ3n) is 6.73. The van der Waals surface area contributed by atoms with Crippen LogP contribution in [0.5, 0.6) is 0 Å². The Kier molecular flexibility index (Phi) is 9.34. The lowest BCUT2D eigenvalue weighted by Crippen LogP contribution is -2.60. The van der Waals surface area contributed by atoms with Gasteiger partial charge in [0.15, 0.2) is 0 Å². The lowest BCUT2D eigenvalue weighted by Gasteiger charge is -2.48. The molecule has 0 aliphatic carbocycles. The number of aryl methyl sites for hydroxylation is 1. The van der Waals surface area contributed by atoms with Gasteiger partial charge in [-0.1, -0.05) is 47.0 Å². The maximum absolute atomic E-state index is 13.8. The molecule has 1 saturated heterocycles. The first kappa shape index (κ1) is 29.7. The molecule has 0 aromatic heterocycles. The molecule has 0 radical (unpaired) electrons. The standard InChI is InChI=1S/C28H35Cl2N3O5/c1-19-5-9-22(10-6-19)32-18-28(15-25(36)37,14-24(35)33(11-12-34)27(2,3)4)17-31(26(32)38)16-20-7-8-21(29)13-23(20)30/h5-10,13,34H,11-12,14-18H2,1-4H3,(H,36,37). The summed E-state index contributed by atoms with van der Waals surface area (Å²) in [6, 6.07) is 12.1. The Morgan fingerprint density at radius 3 is 2.26 bits per heavy atom. The number of carbonyl (C=O) groups is 3. The van der Waals surface area contributed by atoms with Crippen LogP contribution in [0.1, 0.15) is 44.7 Å². The van der Waals surface area contributed by atoms with Crippen molar-refractivity contribution in [2.75, 3.05) is 31.1 Å². The summed E-state index contributed by atoms with van der Waals surface area (Å²) in [6.07, 6.45) is -0.437. The van der Waals surface area contributed by atoms with Gasteiger partial charge >= 0.3 is 12.0 Å². The second-order valence-electron chi connectivity index (χ2n) is 11.0. The Bertz CT molecular complexity index is 1180. The number of amides is 3. The molecule has 1 unspecified atom stereocenters. The molecule has 38 heavy (non-hydrogen) atoms. The van der Waals surface area contributed by atoms with Crippen LogP contribution in [-0.2, 0) is 16.1 Å². The number of carboxylic acids is 1. The third-order valence-corrected chi connectivity index (χ3v) is 7.32. The number of carbonyl (C=O) groups excluding carboxylic acids is 2. The summed E-state index contributed by atoms with van der Waals surface area (Å²) < 4.78 is 0. The summed E-state index contributed by atoms with van der Waals surface area (Å²) in [5.41, 5.74) is 0.599. The van der Waals surface area contributed by atoms with E-state index < -0.39 is 16.9 Å². The molecule has 1 aliphatic heterocycles. The van der Waals surface area contributed by atoms with Gasteiger partial charge in [-0.05, 0) is 57.5 Å². The van der Waals surface area contributed by atoms with E-state index in [-0.39, 0.29) is 57.6 Å². The van der Waals surface area contributed by atoms with Crippen LogP contribution in [0.15, 0.2) is 42.5 Å². The fourth-order valence-electron chi connectivity index (χ4n) is 4.96. The lowest BCUT2D eigenvalue weighted by molar-refractivity contribution is -0.144. The van der Waals surface area contributed by atoms with Crippen molar-refractivity contribution in [1.29, 1.82) is 0 Å². The van der Waals surface area contributed by atoms with Crippen molar-refractivity contribution in [2.45, 2.75) is 52.6 Å². The monoisotopic (exact) mass is 563 g/mol. The zero-order chi connectivity index (χ0) is 28.3. The molecule has 1 fully saturated rings. The molecular weight excluding hydrogens is 529 g/mol. The number of aliphatic hydroxyl groups is 1. The summed E-state index contributed by atoms with van der Waals surface area (Å²) in [7, 11) is 0. The molecule has 8 nitrogen and oxygen atoms in total. The molecule has 0 saturated carbocycles. The molecule has 2 N–H and O–H groups in total. The number of rotatable bonds is 9. The van der Waals surface area contributed by atoms with Crippen LogP contribution in [0, 0.1) is 12.3 Å². The van der Waals surface area contributed by atoms with Crippen molar-refractivity contribution in [3.63, 3.8) is 0 Å². The van der Waals surface area contributed by atoms with E-state index in [0.717, 1.165) is 5.56 Å². The first-order chi connectivity index (χ1) is 17.7. The largest absolute Gasteiger partial charge is 0.481 e. The van der Waals surface area contributed by atoms with E-state index in [1.54, 1.807) is 28.0 Å². The number of hydrogen-bond donors (Lipinski definition) is 2. The van der Waals surface area contributed by atoms with E-state index in [0.29, 0.717) is 21.3 Å². The first-order valence-corrected chi connectivity index (χ1v) is 13.2. The van der Waals surface area contributed by atoms with Crippen LogP contribution in [0.3, 0.4) is 0 Å². The Balaban J connectivity index is 2.07. The van der Waals surface area contributed by atoms with Crippen LogP contribution >= 0.6 is 23.2 Å². The highest BCUT2D eigenvalue weighted by Crippen LogP contribution is 2.38. The molecule has 1 heterocycles. The average molecular weight is 565 g/mol. The van der Waals surface area contributed by atoms with E-state index in [1.165, 1.54) is 4.90 Å². The number of aliphatic carboxylic acids is 1. The second kappa shape index (κ2) is 11.9. The number of hydrogen-bond acceptors (Lipinski definition) is 4. The molecule has 0 bridgehead atoms. The quantitative estimate of drug-likeness (QED) is 0.435. The van der Waals surface area contributed by atoms with Crippen molar-refractivity contribution in [3.05, 3.63) is 63.6 Å².